The lowest BCUT2D eigenvalue weighted by molar-refractivity contribution is 0.332. The van der Waals surface area contributed by atoms with Crippen LogP contribution in [0.1, 0.15) is 42.9 Å². The highest BCUT2D eigenvalue weighted by atomic mass is 32.1. The van der Waals surface area contributed by atoms with Crippen molar-refractivity contribution in [2.45, 2.75) is 52.0 Å². The van der Waals surface area contributed by atoms with Gasteiger partial charge >= 0.3 is 0 Å². The van der Waals surface area contributed by atoms with Crippen LogP contribution in [0.4, 0.5) is 0 Å². The normalized spacial score (nSPS) is 31.0. The Morgan fingerprint density at radius 2 is 2.20 bits per heavy atom. The molecule has 0 aliphatic heterocycles. The van der Waals surface area contributed by atoms with E-state index in [1.165, 1.54) is 37.0 Å². The van der Waals surface area contributed by atoms with Crippen LogP contribution >= 0.6 is 11.3 Å². The maximum atomic E-state index is 6.00. The molecule has 15 heavy (non-hydrogen) atoms. The second-order valence-electron chi connectivity index (χ2n) is 5.21. The Hall–Kier alpha value is -0.340. The van der Waals surface area contributed by atoms with Crippen LogP contribution in [0, 0.1) is 5.41 Å². The van der Waals surface area contributed by atoms with E-state index in [-0.39, 0.29) is 0 Å². The van der Waals surface area contributed by atoms with Gasteiger partial charge in [0, 0.05) is 15.8 Å². The summed E-state index contributed by atoms with van der Waals surface area (Å²) < 4.78 is 0. The molecule has 1 fully saturated rings. The maximum Gasteiger partial charge on any atom is 0.00536 e. The molecule has 0 radical (unpaired) electrons. The summed E-state index contributed by atoms with van der Waals surface area (Å²) in [6.45, 7) is 4.62. The highest BCUT2D eigenvalue weighted by molar-refractivity contribution is 7.11. The molecule has 2 N–H and O–H groups in total. The summed E-state index contributed by atoms with van der Waals surface area (Å²) in [6.07, 6.45) is 6.11. The third-order valence-corrected chi connectivity index (χ3v) is 4.77. The van der Waals surface area contributed by atoms with Gasteiger partial charge in [0.05, 0.1) is 0 Å². The Bertz CT molecular complexity index is 331. The topological polar surface area (TPSA) is 26.0 Å². The molecule has 1 heterocycles. The summed E-state index contributed by atoms with van der Waals surface area (Å²) in [6, 6.07) is 5.03. The molecule has 1 aliphatic rings. The number of rotatable bonds is 3. The Balaban J connectivity index is 2.02. The molecule has 2 heteroatoms. The first-order valence-corrected chi connectivity index (χ1v) is 6.76. The van der Waals surface area contributed by atoms with Crippen molar-refractivity contribution >= 4 is 11.3 Å². The van der Waals surface area contributed by atoms with E-state index in [0.29, 0.717) is 11.5 Å². The van der Waals surface area contributed by atoms with E-state index in [2.05, 4.69) is 26.0 Å². The van der Waals surface area contributed by atoms with Crippen LogP contribution in [0.15, 0.2) is 12.1 Å². The third kappa shape index (κ3) is 2.61. The third-order valence-electron chi connectivity index (χ3n) is 3.54. The van der Waals surface area contributed by atoms with Crippen LogP contribution in [0.5, 0.6) is 0 Å². The minimum atomic E-state index is 0.445. The van der Waals surface area contributed by atoms with Gasteiger partial charge in [0.1, 0.15) is 0 Å². The largest absolute Gasteiger partial charge is 0.328 e. The summed E-state index contributed by atoms with van der Waals surface area (Å²) in [5.41, 5.74) is 6.47. The van der Waals surface area contributed by atoms with E-state index >= 15 is 0 Å². The monoisotopic (exact) mass is 223 g/mol. The van der Waals surface area contributed by atoms with Gasteiger partial charge in [-0.2, -0.15) is 0 Å². The van der Waals surface area contributed by atoms with E-state index < -0.39 is 0 Å². The van der Waals surface area contributed by atoms with Gasteiger partial charge in [0.2, 0.25) is 0 Å². The number of hydrogen-bond donors (Lipinski definition) is 1. The zero-order valence-corrected chi connectivity index (χ0v) is 10.6. The second-order valence-corrected chi connectivity index (χ2v) is 6.46. The van der Waals surface area contributed by atoms with Crippen molar-refractivity contribution in [3.8, 4) is 0 Å². The van der Waals surface area contributed by atoms with Gasteiger partial charge in [-0.25, -0.2) is 0 Å². The molecule has 0 spiro atoms. The lowest BCUT2D eigenvalue weighted by Gasteiger charge is -2.22. The number of aryl methyl sites for hydroxylation is 1. The minimum Gasteiger partial charge on any atom is -0.328 e. The first kappa shape index (κ1) is 11.2. The van der Waals surface area contributed by atoms with Gasteiger partial charge in [-0.1, -0.05) is 13.8 Å². The fraction of sp³-hybridized carbons (Fsp3) is 0.692. The molecule has 2 unspecified atom stereocenters. The van der Waals surface area contributed by atoms with Gasteiger partial charge in [0.15, 0.2) is 0 Å². The number of hydrogen-bond acceptors (Lipinski definition) is 2. The molecule has 0 saturated heterocycles. The Labute approximate surface area is 96.7 Å². The van der Waals surface area contributed by atoms with Gasteiger partial charge < -0.3 is 5.73 Å². The van der Waals surface area contributed by atoms with Crippen LogP contribution in [0.2, 0.25) is 0 Å². The smallest absolute Gasteiger partial charge is 0.00536 e. The molecule has 1 saturated carbocycles. The molecule has 2 rings (SSSR count). The van der Waals surface area contributed by atoms with Crippen LogP contribution in [0.25, 0.3) is 0 Å². The average molecular weight is 223 g/mol. The van der Waals surface area contributed by atoms with Gasteiger partial charge in [-0.3, -0.25) is 0 Å². The van der Waals surface area contributed by atoms with Crippen molar-refractivity contribution < 1.29 is 0 Å². The highest BCUT2D eigenvalue weighted by Gasteiger charge is 2.33. The molecule has 1 nitrogen and oxygen atoms in total. The van der Waals surface area contributed by atoms with Crippen LogP contribution in [-0.2, 0) is 12.8 Å². The maximum absolute atomic E-state index is 6.00. The zero-order valence-electron chi connectivity index (χ0n) is 9.75. The van der Waals surface area contributed by atoms with Crippen molar-refractivity contribution in [2.75, 3.05) is 0 Å². The molecule has 0 amide bonds. The second kappa shape index (κ2) is 4.26. The van der Waals surface area contributed by atoms with Gasteiger partial charge in [-0.05, 0) is 49.7 Å². The Morgan fingerprint density at radius 1 is 1.47 bits per heavy atom. The van der Waals surface area contributed by atoms with Gasteiger partial charge in [0.25, 0.3) is 0 Å². The lowest BCUT2D eigenvalue weighted by Crippen LogP contribution is -2.20. The first-order chi connectivity index (χ1) is 7.11. The number of nitrogens with two attached hydrogens (primary N) is 1. The SMILES string of the molecule is CCc1ccc(CC2(C)CCC(N)C2)s1. The standard InChI is InChI=1S/C13H21NS/c1-3-11-4-5-12(15-11)9-13(2)7-6-10(14)8-13/h4-5,10H,3,6-9,14H2,1-2H3. The fourth-order valence-corrected chi connectivity index (χ4v) is 3.83. The first-order valence-electron chi connectivity index (χ1n) is 5.94. The van der Waals surface area contributed by atoms with E-state index in [1.807, 2.05) is 11.3 Å². The highest BCUT2D eigenvalue weighted by Crippen LogP contribution is 2.40. The fourth-order valence-electron chi connectivity index (χ4n) is 2.66. The minimum absolute atomic E-state index is 0.445. The van der Waals surface area contributed by atoms with Crippen LogP contribution in [0.3, 0.4) is 0 Å². The molecule has 1 aromatic heterocycles. The molecule has 2 atom stereocenters. The van der Waals surface area contributed by atoms with Crippen molar-refractivity contribution in [3.05, 3.63) is 21.9 Å². The number of thiophene rings is 1. The van der Waals surface area contributed by atoms with Crippen molar-refractivity contribution in [1.29, 1.82) is 0 Å². The Morgan fingerprint density at radius 3 is 2.73 bits per heavy atom. The summed E-state index contributed by atoms with van der Waals surface area (Å²) in [4.78, 5) is 3.05. The van der Waals surface area contributed by atoms with Crippen molar-refractivity contribution in [1.82, 2.24) is 0 Å². The quantitative estimate of drug-likeness (QED) is 0.835. The summed E-state index contributed by atoms with van der Waals surface area (Å²) in [7, 11) is 0. The van der Waals surface area contributed by atoms with Gasteiger partial charge in [-0.15, -0.1) is 11.3 Å². The molecule has 0 aromatic carbocycles. The van der Waals surface area contributed by atoms with Crippen molar-refractivity contribution in [3.63, 3.8) is 0 Å². The summed E-state index contributed by atoms with van der Waals surface area (Å²) >= 11 is 1.98. The molecule has 1 aromatic rings. The molecular weight excluding hydrogens is 202 g/mol. The molecular formula is C13H21NS. The van der Waals surface area contributed by atoms with Crippen molar-refractivity contribution in [2.24, 2.45) is 11.1 Å². The summed E-state index contributed by atoms with van der Waals surface area (Å²) in [5.74, 6) is 0. The predicted molar refractivity (Wildman–Crippen MR) is 67.3 cm³/mol. The molecule has 84 valence electrons. The summed E-state index contributed by atoms with van der Waals surface area (Å²) in [5, 5.41) is 0. The van der Waals surface area contributed by atoms with Crippen LogP contribution < -0.4 is 5.73 Å². The molecule has 0 bridgehead atoms. The predicted octanol–water partition coefficient (Wildman–Crippen LogP) is 3.37. The van der Waals surface area contributed by atoms with E-state index in [4.69, 9.17) is 5.73 Å². The van der Waals surface area contributed by atoms with E-state index in [1.54, 1.807) is 4.88 Å². The van der Waals surface area contributed by atoms with E-state index in [0.717, 1.165) is 0 Å². The Kier molecular flexibility index (Phi) is 3.17. The van der Waals surface area contributed by atoms with E-state index in [9.17, 15) is 0 Å². The average Bonchev–Trinajstić information content (AvgIpc) is 2.74. The zero-order chi connectivity index (χ0) is 10.9. The molecule has 1 aliphatic carbocycles. The lowest BCUT2D eigenvalue weighted by atomic mass is 9.84. The van der Waals surface area contributed by atoms with Crippen LogP contribution in [-0.4, -0.2) is 6.04 Å².